The van der Waals surface area contributed by atoms with Crippen molar-refractivity contribution in [3.8, 4) is 5.75 Å². The number of fused-ring (bicyclic) bond motifs is 1. The number of carbonyl (C=O) groups excluding carboxylic acids is 2. The third kappa shape index (κ3) is 2.60. The Labute approximate surface area is 167 Å². The molecule has 0 radical (unpaired) electrons. The second-order valence-electron chi connectivity index (χ2n) is 6.66. The number of ether oxygens (including phenoxy) is 1. The number of Topliss-reactive ketones (excluding diaryl/α,β-unsaturated/α-hetero) is 2. The molecule has 0 aromatic heterocycles. The van der Waals surface area contributed by atoms with Gasteiger partial charge in [-0.25, -0.2) is 0 Å². The molecular weight excluding hydrogens is 395 g/mol. The van der Waals surface area contributed by atoms with Crippen molar-refractivity contribution >= 4 is 24.6 Å². The van der Waals surface area contributed by atoms with Crippen LogP contribution in [0.1, 0.15) is 32.2 Å². The predicted molar refractivity (Wildman–Crippen MR) is 106 cm³/mol. The first-order chi connectivity index (χ1) is 13.9. The van der Waals surface area contributed by atoms with E-state index in [1.54, 1.807) is 48.5 Å². The van der Waals surface area contributed by atoms with Crippen molar-refractivity contribution in [1.82, 2.24) is 5.43 Å². The summed E-state index contributed by atoms with van der Waals surface area (Å²) >= 11 is 0. The highest BCUT2D eigenvalue weighted by molar-refractivity contribution is 7.72. The molecule has 0 bridgehead atoms. The Kier molecular flexibility index (Phi) is 4.65. The summed E-state index contributed by atoms with van der Waals surface area (Å²) < 4.78 is 28.7. The molecule has 2 aromatic carbocycles. The number of benzene rings is 2. The maximum atomic E-state index is 13.4. The second-order valence-corrected chi connectivity index (χ2v) is 8.85. The molecule has 0 saturated carbocycles. The van der Waals surface area contributed by atoms with Crippen molar-refractivity contribution in [2.24, 2.45) is 5.10 Å². The zero-order valence-electron chi connectivity index (χ0n) is 16.0. The van der Waals surface area contributed by atoms with E-state index in [4.69, 9.17) is 13.8 Å². The van der Waals surface area contributed by atoms with Crippen molar-refractivity contribution in [3.05, 3.63) is 65.2 Å². The molecule has 2 aliphatic rings. The minimum absolute atomic E-state index is 0.0258. The molecule has 4 rings (SSSR count). The molecule has 8 nitrogen and oxygen atoms in total. The number of rotatable bonds is 5. The lowest BCUT2D eigenvalue weighted by Gasteiger charge is -2.29. The van der Waals surface area contributed by atoms with E-state index in [0.29, 0.717) is 22.4 Å². The van der Waals surface area contributed by atoms with E-state index < -0.39 is 30.6 Å². The Hall–Kier alpha value is -2.80. The fourth-order valence-electron chi connectivity index (χ4n) is 3.92. The van der Waals surface area contributed by atoms with Gasteiger partial charge < -0.3 is 13.8 Å². The van der Waals surface area contributed by atoms with Crippen LogP contribution in [0, 0.1) is 0 Å². The number of carbonyl (C=O) groups is 2. The van der Waals surface area contributed by atoms with E-state index in [2.05, 4.69) is 10.5 Å². The average molecular weight is 414 g/mol. The number of methoxy groups -OCH3 is 1. The average Bonchev–Trinajstić information content (AvgIpc) is 3.27. The maximum Gasteiger partial charge on any atom is 0.377 e. The summed E-state index contributed by atoms with van der Waals surface area (Å²) in [4.78, 5) is 26.9. The van der Waals surface area contributed by atoms with Crippen molar-refractivity contribution in [1.29, 1.82) is 0 Å². The summed E-state index contributed by atoms with van der Waals surface area (Å²) in [5, 5.41) is 4.15. The summed E-state index contributed by atoms with van der Waals surface area (Å²) in [5.74, 6) is -1.25. The first kappa shape index (κ1) is 19.5. The molecule has 0 saturated heterocycles. The molecule has 0 amide bonds. The summed E-state index contributed by atoms with van der Waals surface area (Å²) in [6, 6.07) is 13.4. The topological polar surface area (TPSA) is 103 Å². The SMILES string of the molecule is COc1ccc(C2C(P(=O)(OC)OC)=NNC23C(=O)c2ccccc2C3=O)cc1. The summed E-state index contributed by atoms with van der Waals surface area (Å²) in [5.41, 5.74) is 2.08. The van der Waals surface area contributed by atoms with Crippen molar-refractivity contribution in [2.75, 3.05) is 21.3 Å². The van der Waals surface area contributed by atoms with Gasteiger partial charge in [0.1, 0.15) is 5.75 Å². The molecule has 1 atom stereocenters. The Balaban J connectivity index is 1.92. The summed E-state index contributed by atoms with van der Waals surface area (Å²) in [6.45, 7) is 0. The largest absolute Gasteiger partial charge is 0.497 e. The van der Waals surface area contributed by atoms with E-state index in [0.717, 1.165) is 0 Å². The third-order valence-corrected chi connectivity index (χ3v) is 7.26. The molecule has 1 unspecified atom stereocenters. The minimum atomic E-state index is -3.84. The number of hydrogen-bond acceptors (Lipinski definition) is 8. The van der Waals surface area contributed by atoms with Gasteiger partial charge in [0.25, 0.3) is 0 Å². The van der Waals surface area contributed by atoms with Gasteiger partial charge in [0, 0.05) is 25.3 Å². The van der Waals surface area contributed by atoms with Gasteiger partial charge in [0.15, 0.2) is 22.6 Å². The molecule has 150 valence electrons. The van der Waals surface area contributed by atoms with E-state index in [9.17, 15) is 14.2 Å². The number of ketones is 2. The van der Waals surface area contributed by atoms with Crippen LogP contribution >= 0.6 is 7.60 Å². The van der Waals surface area contributed by atoms with Gasteiger partial charge in [-0.3, -0.25) is 19.6 Å². The van der Waals surface area contributed by atoms with Gasteiger partial charge >= 0.3 is 7.60 Å². The smallest absolute Gasteiger partial charge is 0.377 e. The molecule has 0 fully saturated rings. The fraction of sp³-hybridized carbons (Fsp3) is 0.250. The monoisotopic (exact) mass is 414 g/mol. The normalized spacial score (nSPS) is 19.8. The predicted octanol–water partition coefficient (Wildman–Crippen LogP) is 3.00. The summed E-state index contributed by atoms with van der Waals surface area (Å²) in [6.07, 6.45) is 0. The van der Waals surface area contributed by atoms with Gasteiger partial charge in [0.2, 0.25) is 0 Å². The second kappa shape index (κ2) is 6.91. The fourth-order valence-corrected chi connectivity index (χ4v) is 5.27. The van der Waals surface area contributed by atoms with E-state index in [1.807, 2.05) is 0 Å². The van der Waals surface area contributed by atoms with Crippen LogP contribution in [0.4, 0.5) is 0 Å². The lowest BCUT2D eigenvalue weighted by molar-refractivity contribution is 0.0761. The van der Waals surface area contributed by atoms with Crippen LogP contribution in [-0.2, 0) is 13.6 Å². The Bertz CT molecular complexity index is 1040. The number of nitrogens with zero attached hydrogens (tertiary/aromatic N) is 1. The van der Waals surface area contributed by atoms with Gasteiger partial charge in [-0.15, -0.1) is 0 Å². The molecule has 1 spiro atoms. The number of hydrazone groups is 1. The van der Waals surface area contributed by atoms with Crippen LogP contribution < -0.4 is 10.2 Å². The Morgan fingerprint density at radius 1 is 0.931 bits per heavy atom. The van der Waals surface area contributed by atoms with Crippen LogP contribution in [0.15, 0.2) is 53.6 Å². The first-order valence-corrected chi connectivity index (χ1v) is 10.4. The van der Waals surface area contributed by atoms with Gasteiger partial charge in [-0.05, 0) is 17.7 Å². The summed E-state index contributed by atoms with van der Waals surface area (Å²) in [7, 11) is 0.153. The quantitative estimate of drug-likeness (QED) is 0.593. The highest BCUT2D eigenvalue weighted by Crippen LogP contribution is 2.58. The van der Waals surface area contributed by atoms with Gasteiger partial charge in [-0.1, -0.05) is 36.4 Å². The maximum absolute atomic E-state index is 13.4. The van der Waals surface area contributed by atoms with Crippen LogP contribution in [0.5, 0.6) is 5.75 Å². The molecule has 9 heteroatoms. The highest BCUT2D eigenvalue weighted by atomic mass is 31.2. The van der Waals surface area contributed by atoms with E-state index >= 15 is 0 Å². The van der Waals surface area contributed by atoms with E-state index in [-0.39, 0.29) is 5.45 Å². The molecule has 1 aliphatic carbocycles. The number of nitrogens with one attached hydrogen (secondary N) is 1. The lowest BCUT2D eigenvalue weighted by atomic mass is 9.77. The molecule has 29 heavy (non-hydrogen) atoms. The number of hydrogen-bond donors (Lipinski definition) is 1. The highest BCUT2D eigenvalue weighted by Gasteiger charge is 2.65. The van der Waals surface area contributed by atoms with Crippen LogP contribution in [0.3, 0.4) is 0 Å². The van der Waals surface area contributed by atoms with Crippen molar-refractivity contribution in [2.45, 2.75) is 11.5 Å². The zero-order chi connectivity index (χ0) is 20.8. The molecule has 2 aromatic rings. The Morgan fingerprint density at radius 2 is 1.48 bits per heavy atom. The van der Waals surface area contributed by atoms with Gasteiger partial charge in [-0.2, -0.15) is 5.10 Å². The standard InChI is InChI=1S/C20H19N2O6P/c1-26-13-10-8-12(9-11-13)16-19(29(25,27-2)28-3)21-22-20(16)17(23)14-6-4-5-7-15(14)18(20)24/h4-11,16,22H,1-3H3. The van der Waals surface area contributed by atoms with Crippen LogP contribution in [0.25, 0.3) is 0 Å². The third-order valence-electron chi connectivity index (χ3n) is 5.38. The van der Waals surface area contributed by atoms with Gasteiger partial charge in [0.05, 0.1) is 13.0 Å². The van der Waals surface area contributed by atoms with E-state index in [1.165, 1.54) is 21.3 Å². The molecule has 1 aliphatic heterocycles. The molecule has 1 heterocycles. The van der Waals surface area contributed by atoms with Crippen molar-refractivity contribution in [3.63, 3.8) is 0 Å². The Morgan fingerprint density at radius 3 is 1.97 bits per heavy atom. The minimum Gasteiger partial charge on any atom is -0.497 e. The molecular formula is C20H19N2O6P. The van der Waals surface area contributed by atoms with Crippen molar-refractivity contribution < 1.29 is 27.9 Å². The lowest BCUT2D eigenvalue weighted by Crippen LogP contribution is -2.54. The van der Waals surface area contributed by atoms with Crippen LogP contribution in [0.2, 0.25) is 0 Å². The van der Waals surface area contributed by atoms with Crippen LogP contribution in [-0.4, -0.2) is 43.9 Å². The zero-order valence-corrected chi connectivity index (χ0v) is 16.9. The molecule has 1 N–H and O–H groups in total. The first-order valence-electron chi connectivity index (χ1n) is 8.82.